The van der Waals surface area contributed by atoms with Gasteiger partial charge in [-0.1, -0.05) is 34.2 Å². The molecule has 1 aliphatic carbocycles. The monoisotopic (exact) mass is 443 g/mol. The largest absolute Gasteiger partial charge is 0.450 e. The zero-order chi connectivity index (χ0) is 19.7. The molecule has 1 amide bonds. The predicted octanol–water partition coefficient (Wildman–Crippen LogP) is 4.71. The molecule has 2 N–H and O–H groups in total. The Hall–Kier alpha value is -2.05. The molecular weight excluding hydrogens is 418 g/mol. The lowest BCUT2D eigenvalue weighted by atomic mass is 9.87. The molecule has 1 aromatic carbocycles. The molecule has 148 valence electrons. The Labute approximate surface area is 173 Å². The van der Waals surface area contributed by atoms with Crippen molar-refractivity contribution in [2.45, 2.75) is 25.8 Å². The summed E-state index contributed by atoms with van der Waals surface area (Å²) in [5, 5.41) is 4.47. The van der Waals surface area contributed by atoms with Gasteiger partial charge in [0.15, 0.2) is 0 Å². The summed E-state index contributed by atoms with van der Waals surface area (Å²) in [6.45, 7) is 3.85. The van der Waals surface area contributed by atoms with Crippen LogP contribution in [0.15, 0.2) is 46.5 Å². The third-order valence-corrected chi connectivity index (χ3v) is 6.08. The van der Waals surface area contributed by atoms with Crippen LogP contribution in [0.4, 0.5) is 4.79 Å². The lowest BCUT2D eigenvalue weighted by Gasteiger charge is -2.36. The normalized spacial score (nSPS) is 21.5. The van der Waals surface area contributed by atoms with E-state index in [-0.39, 0.29) is 12.1 Å². The first-order valence-electron chi connectivity index (χ1n) is 9.88. The van der Waals surface area contributed by atoms with Crippen molar-refractivity contribution >= 4 is 32.9 Å². The lowest BCUT2D eigenvalue weighted by Crippen LogP contribution is -2.41. The number of benzene rings is 1. The molecule has 4 rings (SSSR count). The van der Waals surface area contributed by atoms with Gasteiger partial charge in [-0.05, 0) is 62.1 Å². The number of hydrogen-bond donors (Lipinski definition) is 2. The van der Waals surface area contributed by atoms with E-state index in [9.17, 15) is 4.79 Å². The van der Waals surface area contributed by atoms with Gasteiger partial charge in [0, 0.05) is 34.2 Å². The quantitative estimate of drug-likeness (QED) is 0.719. The van der Waals surface area contributed by atoms with Crippen LogP contribution in [-0.4, -0.2) is 42.7 Å². The second kappa shape index (κ2) is 8.13. The van der Waals surface area contributed by atoms with Gasteiger partial charge in [-0.15, -0.1) is 0 Å². The van der Waals surface area contributed by atoms with Gasteiger partial charge in [-0.25, -0.2) is 4.79 Å². The Balaban J connectivity index is 1.76. The van der Waals surface area contributed by atoms with Gasteiger partial charge in [0.25, 0.3) is 0 Å². The zero-order valence-electron chi connectivity index (χ0n) is 16.3. The molecule has 1 aliphatic heterocycles. The van der Waals surface area contributed by atoms with Crippen LogP contribution < -0.4 is 5.32 Å². The van der Waals surface area contributed by atoms with E-state index in [0.29, 0.717) is 19.1 Å². The molecule has 2 unspecified atom stereocenters. The summed E-state index contributed by atoms with van der Waals surface area (Å²) >= 11 is 3.59. The molecule has 0 bridgehead atoms. The van der Waals surface area contributed by atoms with Crippen molar-refractivity contribution in [2.24, 2.45) is 5.92 Å². The molecule has 1 aromatic heterocycles. The number of fused-ring (bicyclic) bond motifs is 3. The Bertz CT molecular complexity index is 947. The number of nitrogens with zero attached hydrogens (tertiary/aromatic N) is 1. The average Bonchev–Trinajstić information content (AvgIpc) is 3.06. The van der Waals surface area contributed by atoms with Crippen LogP contribution in [0.5, 0.6) is 0 Å². The molecule has 28 heavy (non-hydrogen) atoms. The first-order chi connectivity index (χ1) is 13.6. The van der Waals surface area contributed by atoms with Crippen LogP contribution in [0.1, 0.15) is 30.6 Å². The number of amides is 1. The van der Waals surface area contributed by atoms with Gasteiger partial charge in [0.1, 0.15) is 6.04 Å². The molecule has 2 atom stereocenters. The van der Waals surface area contributed by atoms with Crippen molar-refractivity contribution in [3.8, 4) is 0 Å². The summed E-state index contributed by atoms with van der Waals surface area (Å²) < 4.78 is 6.44. The Morgan fingerprint density at radius 3 is 3.00 bits per heavy atom. The highest BCUT2D eigenvalue weighted by Crippen LogP contribution is 2.41. The SMILES string of the molecule is CCOC(=O)N1CCc2c([nH]c3ccc(Br)cc23)C1C1=CCC(CNC)C=C1. The van der Waals surface area contributed by atoms with Crippen LogP contribution in [0.3, 0.4) is 0 Å². The van der Waals surface area contributed by atoms with E-state index in [1.165, 1.54) is 10.9 Å². The smallest absolute Gasteiger partial charge is 0.410 e. The topological polar surface area (TPSA) is 57.4 Å². The zero-order valence-corrected chi connectivity index (χ0v) is 17.9. The molecule has 2 heterocycles. The first-order valence-corrected chi connectivity index (χ1v) is 10.7. The lowest BCUT2D eigenvalue weighted by molar-refractivity contribution is 0.0929. The molecule has 2 aliphatic rings. The minimum Gasteiger partial charge on any atom is -0.450 e. The van der Waals surface area contributed by atoms with Crippen molar-refractivity contribution in [3.05, 3.63) is 57.7 Å². The molecule has 2 aromatic rings. The van der Waals surface area contributed by atoms with Crippen LogP contribution >= 0.6 is 15.9 Å². The molecule has 5 nitrogen and oxygen atoms in total. The second-order valence-corrected chi connectivity index (χ2v) is 8.28. The number of rotatable bonds is 4. The van der Waals surface area contributed by atoms with Gasteiger partial charge < -0.3 is 15.0 Å². The summed E-state index contributed by atoms with van der Waals surface area (Å²) in [6.07, 6.45) is 8.25. The van der Waals surface area contributed by atoms with Crippen molar-refractivity contribution in [3.63, 3.8) is 0 Å². The summed E-state index contributed by atoms with van der Waals surface area (Å²) in [6, 6.07) is 6.17. The molecular formula is C22H26BrN3O2. The average molecular weight is 444 g/mol. The van der Waals surface area contributed by atoms with Gasteiger partial charge in [-0.3, -0.25) is 4.90 Å². The Kier molecular flexibility index (Phi) is 5.60. The van der Waals surface area contributed by atoms with Gasteiger partial charge in [0.2, 0.25) is 0 Å². The number of aromatic amines is 1. The number of aromatic nitrogens is 1. The molecule has 0 saturated carbocycles. The second-order valence-electron chi connectivity index (χ2n) is 7.37. The molecule has 0 spiro atoms. The third-order valence-electron chi connectivity index (χ3n) is 5.59. The Morgan fingerprint density at radius 2 is 2.29 bits per heavy atom. The highest BCUT2D eigenvalue weighted by Gasteiger charge is 2.36. The predicted molar refractivity (Wildman–Crippen MR) is 115 cm³/mol. The number of H-pyrrole nitrogens is 1. The summed E-state index contributed by atoms with van der Waals surface area (Å²) in [5.41, 5.74) is 4.67. The molecule has 0 fully saturated rings. The summed E-state index contributed by atoms with van der Waals surface area (Å²) in [5.74, 6) is 0.492. The van der Waals surface area contributed by atoms with Crippen molar-refractivity contribution in [1.82, 2.24) is 15.2 Å². The fraction of sp³-hybridized carbons (Fsp3) is 0.409. The Morgan fingerprint density at radius 1 is 1.43 bits per heavy atom. The number of nitrogens with one attached hydrogen (secondary N) is 2. The van der Waals surface area contributed by atoms with Crippen molar-refractivity contribution in [2.75, 3.05) is 26.7 Å². The van der Waals surface area contributed by atoms with Gasteiger partial charge in [-0.2, -0.15) is 0 Å². The minimum atomic E-state index is -0.246. The van der Waals surface area contributed by atoms with E-state index in [1.807, 2.05) is 24.9 Å². The number of ether oxygens (including phenoxy) is 1. The van der Waals surface area contributed by atoms with E-state index in [1.54, 1.807) is 0 Å². The van der Waals surface area contributed by atoms with E-state index in [4.69, 9.17) is 4.74 Å². The molecule has 6 heteroatoms. The third kappa shape index (κ3) is 3.51. The van der Waals surface area contributed by atoms with Gasteiger partial charge >= 0.3 is 6.09 Å². The first kappa shape index (κ1) is 19.3. The maximum Gasteiger partial charge on any atom is 0.410 e. The van der Waals surface area contributed by atoms with E-state index < -0.39 is 0 Å². The highest BCUT2D eigenvalue weighted by atomic mass is 79.9. The number of carbonyl (C=O) groups is 1. The van der Waals surface area contributed by atoms with E-state index in [2.05, 4.69) is 56.6 Å². The number of carbonyl (C=O) groups excluding carboxylic acids is 1. The number of halogens is 1. The van der Waals surface area contributed by atoms with Crippen LogP contribution in [0.25, 0.3) is 10.9 Å². The van der Waals surface area contributed by atoms with Crippen molar-refractivity contribution in [1.29, 1.82) is 0 Å². The fourth-order valence-electron chi connectivity index (χ4n) is 4.31. The highest BCUT2D eigenvalue weighted by molar-refractivity contribution is 9.10. The fourth-order valence-corrected chi connectivity index (χ4v) is 4.67. The van der Waals surface area contributed by atoms with Crippen LogP contribution in [0, 0.1) is 5.92 Å². The minimum absolute atomic E-state index is 0.138. The van der Waals surface area contributed by atoms with Crippen molar-refractivity contribution < 1.29 is 9.53 Å². The van der Waals surface area contributed by atoms with Gasteiger partial charge in [0.05, 0.1) is 6.61 Å². The summed E-state index contributed by atoms with van der Waals surface area (Å²) in [7, 11) is 1.98. The van der Waals surface area contributed by atoms with Crippen LogP contribution in [-0.2, 0) is 11.2 Å². The summed E-state index contributed by atoms with van der Waals surface area (Å²) in [4.78, 5) is 18.2. The number of hydrogen-bond acceptors (Lipinski definition) is 3. The molecule has 0 saturated heterocycles. The maximum atomic E-state index is 12.7. The van der Waals surface area contributed by atoms with Crippen LogP contribution in [0.2, 0.25) is 0 Å². The standard InChI is InChI=1S/C22H26BrN3O2/c1-3-28-22(27)26-11-10-17-18-12-16(23)8-9-19(18)25-20(17)21(26)15-6-4-14(5-7-15)13-24-2/h4,6-9,12,14,21,24-25H,3,5,10-11,13H2,1-2H3. The van der Waals surface area contributed by atoms with E-state index in [0.717, 1.165) is 40.6 Å². The van der Waals surface area contributed by atoms with E-state index >= 15 is 0 Å². The maximum absolute atomic E-state index is 12.7. The molecule has 0 radical (unpaired) electrons. The number of allylic oxidation sites excluding steroid dienone is 1.